The fourth-order valence-electron chi connectivity index (χ4n) is 1.78. The average Bonchev–Trinajstić information content (AvgIpc) is 2.40. The van der Waals surface area contributed by atoms with Crippen LogP contribution in [-0.2, 0) is 0 Å². The summed E-state index contributed by atoms with van der Waals surface area (Å²) in [5, 5.41) is 2.16. The van der Waals surface area contributed by atoms with Gasteiger partial charge in [-0.25, -0.2) is 4.99 Å². The molecule has 0 bridgehead atoms. The minimum Gasteiger partial charge on any atom is -0.446 e. The molecule has 2 nitrogen and oxygen atoms in total. The van der Waals surface area contributed by atoms with Crippen molar-refractivity contribution in [3.05, 3.63) is 72.5 Å². The zero-order valence-electron chi connectivity index (χ0n) is 9.21. The highest BCUT2D eigenvalue weighted by Crippen LogP contribution is 2.12. The van der Waals surface area contributed by atoms with Crippen LogP contribution in [0.15, 0.2) is 76.3 Å². The summed E-state index contributed by atoms with van der Waals surface area (Å²) in [7, 11) is 0. The lowest BCUT2D eigenvalue weighted by molar-refractivity contribution is 0.506. The zero-order chi connectivity index (χ0) is 11.5. The molecule has 1 aromatic heterocycles. The van der Waals surface area contributed by atoms with Crippen molar-refractivity contribution in [1.29, 1.82) is 0 Å². The van der Waals surface area contributed by atoms with Crippen LogP contribution in [-0.4, -0.2) is 0 Å². The molecule has 1 heterocycles. The van der Waals surface area contributed by atoms with Crippen molar-refractivity contribution in [3.8, 4) is 0 Å². The Morgan fingerprint density at radius 2 is 1.53 bits per heavy atom. The fraction of sp³-hybridized carbons (Fsp3) is 0. The van der Waals surface area contributed by atoms with Gasteiger partial charge in [0.15, 0.2) is 0 Å². The second kappa shape index (κ2) is 4.26. The van der Waals surface area contributed by atoms with Crippen molar-refractivity contribution in [2.24, 2.45) is 4.99 Å². The number of fused-ring (bicyclic) bond motifs is 1. The lowest BCUT2D eigenvalue weighted by atomic mass is 10.2. The summed E-state index contributed by atoms with van der Waals surface area (Å²) in [4.78, 5) is 4.50. The van der Waals surface area contributed by atoms with Crippen molar-refractivity contribution < 1.29 is 4.42 Å². The number of hydrogen-bond donors (Lipinski definition) is 0. The number of rotatable bonds is 1. The SMILES string of the molecule is c1ccc(N=c2occc3ccccc23)cc1. The van der Waals surface area contributed by atoms with Crippen LogP contribution in [0.4, 0.5) is 5.69 Å². The summed E-state index contributed by atoms with van der Waals surface area (Å²) in [5.74, 6) is 0. The van der Waals surface area contributed by atoms with E-state index < -0.39 is 0 Å². The van der Waals surface area contributed by atoms with E-state index in [4.69, 9.17) is 4.42 Å². The van der Waals surface area contributed by atoms with Crippen LogP contribution in [0, 0.1) is 0 Å². The van der Waals surface area contributed by atoms with Crippen LogP contribution in [0.25, 0.3) is 10.8 Å². The first-order valence-electron chi connectivity index (χ1n) is 5.50. The molecule has 0 amide bonds. The quantitative estimate of drug-likeness (QED) is 0.615. The monoisotopic (exact) mass is 221 g/mol. The Morgan fingerprint density at radius 1 is 0.765 bits per heavy atom. The number of nitrogens with zero attached hydrogens (tertiary/aromatic N) is 1. The molecular formula is C15H11NO. The van der Waals surface area contributed by atoms with Gasteiger partial charge in [-0.2, -0.15) is 0 Å². The van der Waals surface area contributed by atoms with E-state index in [1.54, 1.807) is 6.26 Å². The minimum atomic E-state index is 0.648. The Hall–Kier alpha value is -2.35. The Morgan fingerprint density at radius 3 is 2.41 bits per heavy atom. The summed E-state index contributed by atoms with van der Waals surface area (Å²) in [6, 6.07) is 19.8. The van der Waals surface area contributed by atoms with Crippen molar-refractivity contribution >= 4 is 16.5 Å². The van der Waals surface area contributed by atoms with Crippen LogP contribution in [0.1, 0.15) is 0 Å². The predicted molar refractivity (Wildman–Crippen MR) is 67.9 cm³/mol. The molecule has 0 spiro atoms. The van der Waals surface area contributed by atoms with Crippen LogP contribution in [0.3, 0.4) is 0 Å². The maximum Gasteiger partial charge on any atom is 0.226 e. The van der Waals surface area contributed by atoms with E-state index >= 15 is 0 Å². The van der Waals surface area contributed by atoms with E-state index in [-0.39, 0.29) is 0 Å². The fourth-order valence-corrected chi connectivity index (χ4v) is 1.78. The number of hydrogen-bond acceptors (Lipinski definition) is 2. The third kappa shape index (κ3) is 1.97. The molecule has 0 atom stereocenters. The molecule has 0 aliphatic carbocycles. The molecule has 0 unspecified atom stereocenters. The highest BCUT2D eigenvalue weighted by Gasteiger charge is 1.96. The first kappa shape index (κ1) is 9.85. The molecule has 2 aromatic carbocycles. The average molecular weight is 221 g/mol. The predicted octanol–water partition coefficient (Wildman–Crippen LogP) is 3.67. The van der Waals surface area contributed by atoms with Crippen molar-refractivity contribution in [2.45, 2.75) is 0 Å². The molecule has 82 valence electrons. The molecule has 0 radical (unpaired) electrons. The summed E-state index contributed by atoms with van der Waals surface area (Å²) in [6.45, 7) is 0. The molecule has 0 aliphatic heterocycles. The van der Waals surface area contributed by atoms with Crippen LogP contribution < -0.4 is 5.55 Å². The molecule has 3 aromatic rings. The van der Waals surface area contributed by atoms with Crippen LogP contribution in [0.2, 0.25) is 0 Å². The normalized spacial score (nSPS) is 11.9. The maximum atomic E-state index is 5.48. The molecule has 0 aliphatic rings. The second-order valence-electron chi connectivity index (χ2n) is 3.76. The topological polar surface area (TPSA) is 25.5 Å². The smallest absolute Gasteiger partial charge is 0.226 e. The van der Waals surface area contributed by atoms with E-state index in [9.17, 15) is 0 Å². The van der Waals surface area contributed by atoms with Gasteiger partial charge in [0.05, 0.1) is 12.0 Å². The van der Waals surface area contributed by atoms with E-state index in [2.05, 4.69) is 11.1 Å². The summed E-state index contributed by atoms with van der Waals surface area (Å²) in [6.07, 6.45) is 1.67. The van der Waals surface area contributed by atoms with Gasteiger partial charge in [0.25, 0.3) is 0 Å². The lowest BCUT2D eigenvalue weighted by Gasteiger charge is -1.97. The van der Waals surface area contributed by atoms with Crippen molar-refractivity contribution in [2.75, 3.05) is 0 Å². The van der Waals surface area contributed by atoms with E-state index in [1.807, 2.05) is 54.6 Å². The van der Waals surface area contributed by atoms with Crippen molar-refractivity contribution in [3.63, 3.8) is 0 Å². The molecule has 0 fully saturated rings. The van der Waals surface area contributed by atoms with Gasteiger partial charge >= 0.3 is 0 Å². The van der Waals surface area contributed by atoms with Gasteiger partial charge in [0, 0.05) is 5.39 Å². The highest BCUT2D eigenvalue weighted by molar-refractivity contribution is 5.80. The van der Waals surface area contributed by atoms with Gasteiger partial charge in [0.1, 0.15) is 0 Å². The van der Waals surface area contributed by atoms with Crippen LogP contribution in [0.5, 0.6) is 0 Å². The van der Waals surface area contributed by atoms with Crippen molar-refractivity contribution in [1.82, 2.24) is 0 Å². The number of para-hydroxylation sites is 1. The van der Waals surface area contributed by atoms with E-state index in [0.29, 0.717) is 5.55 Å². The number of benzene rings is 2. The molecule has 0 N–H and O–H groups in total. The van der Waals surface area contributed by atoms with Crippen LogP contribution >= 0.6 is 0 Å². The third-order valence-electron chi connectivity index (χ3n) is 2.61. The van der Waals surface area contributed by atoms with Gasteiger partial charge in [-0.05, 0) is 29.7 Å². The summed E-state index contributed by atoms with van der Waals surface area (Å²) < 4.78 is 5.48. The lowest BCUT2D eigenvalue weighted by Crippen LogP contribution is -2.00. The molecular weight excluding hydrogens is 210 g/mol. The maximum absolute atomic E-state index is 5.48. The van der Waals surface area contributed by atoms with Gasteiger partial charge in [-0.15, -0.1) is 0 Å². The Balaban J connectivity index is 2.28. The summed E-state index contributed by atoms with van der Waals surface area (Å²) >= 11 is 0. The molecule has 0 saturated heterocycles. The standard InChI is InChI=1S/C15H11NO/c1-2-7-13(8-3-1)16-15-14-9-5-4-6-12(14)10-11-17-15/h1-11H. The Kier molecular flexibility index (Phi) is 2.47. The van der Waals surface area contributed by atoms with Gasteiger partial charge < -0.3 is 4.42 Å². The molecule has 3 rings (SSSR count). The first-order valence-corrected chi connectivity index (χ1v) is 5.50. The molecule has 0 saturated carbocycles. The molecule has 2 heteroatoms. The summed E-state index contributed by atoms with van der Waals surface area (Å²) in [5.41, 5.74) is 1.54. The second-order valence-corrected chi connectivity index (χ2v) is 3.76. The van der Waals surface area contributed by atoms with E-state index in [0.717, 1.165) is 16.5 Å². The third-order valence-corrected chi connectivity index (χ3v) is 2.61. The Labute approximate surface area is 98.9 Å². The largest absolute Gasteiger partial charge is 0.446 e. The highest BCUT2D eigenvalue weighted by atomic mass is 16.3. The van der Waals surface area contributed by atoms with Gasteiger partial charge in [0.2, 0.25) is 5.55 Å². The van der Waals surface area contributed by atoms with Gasteiger partial charge in [-0.3, -0.25) is 0 Å². The molecule has 17 heavy (non-hydrogen) atoms. The van der Waals surface area contributed by atoms with E-state index in [1.165, 1.54) is 0 Å². The zero-order valence-corrected chi connectivity index (χ0v) is 9.21. The first-order chi connectivity index (χ1) is 8.43. The Bertz CT molecular complexity index is 693. The van der Waals surface area contributed by atoms with Gasteiger partial charge in [-0.1, -0.05) is 36.4 Å². The minimum absolute atomic E-state index is 0.648.